The molecule has 0 fully saturated rings. The number of nitrogen functional groups attached to an aromatic ring is 1. The second-order valence-corrected chi connectivity index (χ2v) is 8.59. The molecule has 10 nitrogen and oxygen atoms in total. The number of fused-ring (bicyclic) bond motifs is 2. The predicted molar refractivity (Wildman–Crippen MR) is 119 cm³/mol. The Morgan fingerprint density at radius 1 is 1.16 bits per heavy atom. The van der Waals surface area contributed by atoms with Crippen molar-refractivity contribution in [2.45, 2.75) is 37.3 Å². The minimum atomic E-state index is -5.72. The maximum Gasteiger partial charge on any atom is 0.453 e. The second kappa shape index (κ2) is 8.04. The van der Waals surface area contributed by atoms with Crippen LogP contribution in [-0.4, -0.2) is 52.7 Å². The van der Waals surface area contributed by atoms with Crippen LogP contribution < -0.4 is 11.1 Å². The van der Waals surface area contributed by atoms with Crippen molar-refractivity contribution in [2.75, 3.05) is 11.1 Å². The summed E-state index contributed by atoms with van der Waals surface area (Å²) in [7, 11) is 0. The molecule has 0 bridgehead atoms. The number of phenolic OH excluding ortho intramolecular Hbond substituents is 1. The van der Waals surface area contributed by atoms with E-state index in [0.29, 0.717) is 5.56 Å². The van der Waals surface area contributed by atoms with E-state index in [2.05, 4.69) is 30.4 Å². The molecule has 0 unspecified atom stereocenters. The molecule has 4 heterocycles. The molecule has 1 aliphatic rings. The SMILES string of the molecule is C[C@]1(c2cccc(O)c2)C(=O)Nc2nc(-c3cn4ncnc4c(CCC(F)(F)C(F)(F)F)n3)nc(N)c21. The molecule has 4 aromatic rings. The highest BCUT2D eigenvalue weighted by Crippen LogP contribution is 2.45. The minimum absolute atomic E-state index is 0.0133. The van der Waals surface area contributed by atoms with Gasteiger partial charge in [0, 0.05) is 6.42 Å². The van der Waals surface area contributed by atoms with Crippen molar-refractivity contribution >= 4 is 23.2 Å². The molecule has 0 saturated carbocycles. The van der Waals surface area contributed by atoms with Gasteiger partial charge in [-0.1, -0.05) is 12.1 Å². The van der Waals surface area contributed by atoms with E-state index < -0.39 is 36.3 Å². The van der Waals surface area contributed by atoms with E-state index in [1.807, 2.05) is 0 Å². The number of carbonyl (C=O) groups is 1. The highest BCUT2D eigenvalue weighted by atomic mass is 19.4. The number of aryl methyl sites for hydroxylation is 1. The molecule has 0 spiro atoms. The Morgan fingerprint density at radius 3 is 2.62 bits per heavy atom. The smallest absolute Gasteiger partial charge is 0.453 e. The molecule has 37 heavy (non-hydrogen) atoms. The number of carbonyl (C=O) groups excluding carboxylic acids is 1. The van der Waals surface area contributed by atoms with Crippen LogP contribution in [0.4, 0.5) is 33.6 Å². The topological polar surface area (TPSA) is 144 Å². The molecule has 0 aliphatic carbocycles. The first kappa shape index (κ1) is 24.3. The molecule has 192 valence electrons. The Balaban J connectivity index is 1.57. The van der Waals surface area contributed by atoms with Gasteiger partial charge in [0.05, 0.1) is 17.5 Å². The van der Waals surface area contributed by atoms with Gasteiger partial charge in [-0.3, -0.25) is 4.79 Å². The summed E-state index contributed by atoms with van der Waals surface area (Å²) in [5.41, 5.74) is 5.33. The van der Waals surface area contributed by atoms with Gasteiger partial charge >= 0.3 is 12.1 Å². The number of phenols is 1. The lowest BCUT2D eigenvalue weighted by atomic mass is 9.77. The number of halogens is 5. The number of amides is 1. The Labute approximate surface area is 204 Å². The van der Waals surface area contributed by atoms with Gasteiger partial charge in [-0.25, -0.2) is 24.5 Å². The fourth-order valence-corrected chi connectivity index (χ4v) is 4.20. The third kappa shape index (κ3) is 3.86. The minimum Gasteiger partial charge on any atom is -0.508 e. The Morgan fingerprint density at radius 2 is 1.92 bits per heavy atom. The van der Waals surface area contributed by atoms with Crippen LogP contribution >= 0.6 is 0 Å². The van der Waals surface area contributed by atoms with Crippen molar-refractivity contribution in [2.24, 2.45) is 0 Å². The molecule has 0 radical (unpaired) electrons. The molecular formula is C22H17F5N8O2. The van der Waals surface area contributed by atoms with E-state index in [4.69, 9.17) is 5.73 Å². The predicted octanol–water partition coefficient (Wildman–Crippen LogP) is 3.26. The number of aromatic hydroxyl groups is 1. The zero-order valence-electron chi connectivity index (χ0n) is 18.9. The first-order valence-corrected chi connectivity index (χ1v) is 10.7. The van der Waals surface area contributed by atoms with E-state index in [1.54, 1.807) is 19.1 Å². The zero-order chi connectivity index (χ0) is 26.8. The third-order valence-electron chi connectivity index (χ3n) is 6.20. The van der Waals surface area contributed by atoms with E-state index >= 15 is 0 Å². The summed E-state index contributed by atoms with van der Waals surface area (Å²) in [6.07, 6.45) is -5.64. The van der Waals surface area contributed by atoms with Crippen molar-refractivity contribution < 1.29 is 31.9 Å². The van der Waals surface area contributed by atoms with Crippen molar-refractivity contribution in [3.05, 3.63) is 53.6 Å². The van der Waals surface area contributed by atoms with E-state index in [9.17, 15) is 31.9 Å². The van der Waals surface area contributed by atoms with Crippen LogP contribution in [0.25, 0.3) is 17.2 Å². The number of hydrogen-bond donors (Lipinski definition) is 3. The summed E-state index contributed by atoms with van der Waals surface area (Å²) < 4.78 is 66.2. The van der Waals surface area contributed by atoms with Gasteiger partial charge in [0.15, 0.2) is 11.5 Å². The largest absolute Gasteiger partial charge is 0.508 e. The molecule has 4 N–H and O–H groups in total. The normalized spacial score (nSPS) is 17.7. The van der Waals surface area contributed by atoms with Crippen LogP contribution in [0.3, 0.4) is 0 Å². The number of nitrogens with two attached hydrogens (primary N) is 1. The highest BCUT2D eigenvalue weighted by Gasteiger charge is 2.56. The number of aromatic nitrogens is 6. The Hall–Kier alpha value is -4.43. The lowest BCUT2D eigenvalue weighted by Gasteiger charge is -2.23. The van der Waals surface area contributed by atoms with Gasteiger partial charge in [0.2, 0.25) is 5.91 Å². The zero-order valence-corrected chi connectivity index (χ0v) is 18.9. The van der Waals surface area contributed by atoms with Crippen molar-refractivity contribution in [1.29, 1.82) is 0 Å². The quantitative estimate of drug-likeness (QED) is 0.340. The van der Waals surface area contributed by atoms with Crippen LogP contribution in [-0.2, 0) is 16.6 Å². The Bertz CT molecular complexity index is 1550. The first-order chi connectivity index (χ1) is 17.3. The summed E-state index contributed by atoms with van der Waals surface area (Å²) in [5.74, 6) is -5.65. The van der Waals surface area contributed by atoms with Crippen LogP contribution in [0, 0.1) is 0 Å². The number of benzene rings is 1. The molecule has 5 rings (SSSR count). The lowest BCUT2D eigenvalue weighted by Crippen LogP contribution is -2.36. The molecule has 1 atom stereocenters. The summed E-state index contributed by atoms with van der Waals surface area (Å²) in [6, 6.07) is 6.04. The lowest BCUT2D eigenvalue weighted by molar-refractivity contribution is -0.284. The summed E-state index contributed by atoms with van der Waals surface area (Å²) in [5, 5.41) is 16.4. The molecule has 0 saturated heterocycles. The van der Waals surface area contributed by atoms with Crippen LogP contribution in [0.1, 0.15) is 30.2 Å². The van der Waals surface area contributed by atoms with Crippen molar-refractivity contribution in [3.63, 3.8) is 0 Å². The molecule has 1 aromatic carbocycles. The van der Waals surface area contributed by atoms with Crippen molar-refractivity contribution in [1.82, 2.24) is 29.5 Å². The van der Waals surface area contributed by atoms with Gasteiger partial charge in [-0.05, 0) is 31.0 Å². The number of alkyl halides is 5. The van der Waals surface area contributed by atoms with Gasteiger partial charge in [-0.15, -0.1) is 0 Å². The number of nitrogens with zero attached hydrogens (tertiary/aromatic N) is 6. The van der Waals surface area contributed by atoms with E-state index in [0.717, 1.165) is 10.8 Å². The first-order valence-electron chi connectivity index (χ1n) is 10.7. The number of hydrogen-bond acceptors (Lipinski definition) is 8. The van der Waals surface area contributed by atoms with Gasteiger partial charge in [0.25, 0.3) is 0 Å². The molecule has 1 aliphatic heterocycles. The maximum atomic E-state index is 13.6. The van der Waals surface area contributed by atoms with Crippen LogP contribution in [0.2, 0.25) is 0 Å². The van der Waals surface area contributed by atoms with Gasteiger partial charge in [-0.2, -0.15) is 27.1 Å². The molecular weight excluding hydrogens is 503 g/mol. The van der Waals surface area contributed by atoms with Crippen LogP contribution in [0.5, 0.6) is 5.75 Å². The average molecular weight is 520 g/mol. The number of nitrogens with one attached hydrogen (secondary N) is 1. The van der Waals surface area contributed by atoms with Gasteiger partial charge < -0.3 is 16.2 Å². The van der Waals surface area contributed by atoms with E-state index in [1.165, 1.54) is 18.3 Å². The standard InChI is InChI=1S/C22H17F5N8O2/c1-20(10-3-2-4-11(36)7-10)14-15(28)32-16(33-17(14)34-19(20)37)13-8-35-18(29-9-30-35)12(31-13)5-6-21(23,24)22(25,26)27/h2-4,7-9,36H,5-6H2,1H3,(H3,28,32,33,34,37)/t20-/m1/s1. The number of rotatable bonds is 5. The number of anilines is 2. The average Bonchev–Trinajstić information content (AvgIpc) is 3.39. The van der Waals surface area contributed by atoms with Crippen LogP contribution in [0.15, 0.2) is 36.8 Å². The van der Waals surface area contributed by atoms with Gasteiger partial charge in [0.1, 0.15) is 34.8 Å². The fourth-order valence-electron chi connectivity index (χ4n) is 4.20. The summed E-state index contributed by atoms with van der Waals surface area (Å²) >= 11 is 0. The highest BCUT2D eigenvalue weighted by molar-refractivity contribution is 6.09. The summed E-state index contributed by atoms with van der Waals surface area (Å²) in [6.45, 7) is 1.58. The molecule has 15 heteroatoms. The summed E-state index contributed by atoms with van der Waals surface area (Å²) in [4.78, 5) is 29.6. The van der Waals surface area contributed by atoms with Crippen molar-refractivity contribution in [3.8, 4) is 17.3 Å². The Kier molecular flexibility index (Phi) is 5.28. The fraction of sp³-hybridized carbons (Fsp3) is 0.273. The molecule has 3 aromatic heterocycles. The third-order valence-corrected chi connectivity index (χ3v) is 6.20. The molecule has 1 amide bonds. The van der Waals surface area contributed by atoms with E-state index in [-0.39, 0.29) is 45.8 Å². The monoisotopic (exact) mass is 520 g/mol. The maximum absolute atomic E-state index is 13.6. The second-order valence-electron chi connectivity index (χ2n) is 8.59.